The van der Waals surface area contributed by atoms with E-state index in [1.165, 1.54) is 17.0 Å². The van der Waals surface area contributed by atoms with Gasteiger partial charge in [0.1, 0.15) is 17.5 Å². The zero-order valence-electron chi connectivity index (χ0n) is 13.4. The number of ether oxygens (including phenoxy) is 1. The molecule has 1 aliphatic heterocycles. The number of rotatable bonds is 2. The average Bonchev–Trinajstić information content (AvgIpc) is 2.90. The number of carbonyl (C=O) groups excluding carboxylic acids is 2. The van der Waals surface area contributed by atoms with Crippen LogP contribution in [-0.2, 0) is 9.53 Å². The predicted octanol–water partition coefficient (Wildman–Crippen LogP) is 3.93. The monoisotopic (exact) mass is 386 g/mol. The third-order valence-electron chi connectivity index (χ3n) is 3.39. The molecule has 1 aliphatic rings. The minimum absolute atomic E-state index is 0.0774. The molecule has 1 heterocycles. The molecule has 2 amide bonds. The Balaban J connectivity index is 2.10. The highest BCUT2D eigenvalue weighted by Crippen LogP contribution is 2.27. The van der Waals surface area contributed by atoms with Crippen LogP contribution in [0.4, 0.5) is 14.9 Å². The van der Waals surface area contributed by atoms with Crippen molar-refractivity contribution in [3.8, 4) is 0 Å². The van der Waals surface area contributed by atoms with Gasteiger partial charge in [0.05, 0.1) is 5.69 Å². The van der Waals surface area contributed by atoms with E-state index in [0.29, 0.717) is 23.9 Å². The summed E-state index contributed by atoms with van der Waals surface area (Å²) in [5.74, 6) is -0.950. The van der Waals surface area contributed by atoms with Gasteiger partial charge in [-0.25, -0.2) is 9.18 Å². The van der Waals surface area contributed by atoms with Gasteiger partial charge in [-0.1, -0.05) is 6.07 Å². The zero-order chi connectivity index (χ0) is 17.2. The molecule has 0 aromatic heterocycles. The summed E-state index contributed by atoms with van der Waals surface area (Å²) in [6.07, 6.45) is 0.704. The van der Waals surface area contributed by atoms with Gasteiger partial charge in [-0.15, -0.1) is 0 Å². The van der Waals surface area contributed by atoms with Crippen LogP contribution >= 0.6 is 15.9 Å². The molecule has 1 N–H and O–H groups in total. The Kier molecular flexibility index (Phi) is 5.29. The summed E-state index contributed by atoms with van der Waals surface area (Å²) in [6.45, 7) is 5.76. The second-order valence-electron chi connectivity index (χ2n) is 6.42. The van der Waals surface area contributed by atoms with Crippen molar-refractivity contribution in [2.24, 2.45) is 0 Å². The minimum Gasteiger partial charge on any atom is -0.444 e. The predicted molar refractivity (Wildman–Crippen MR) is 88.7 cm³/mol. The van der Waals surface area contributed by atoms with E-state index in [1.54, 1.807) is 26.8 Å². The van der Waals surface area contributed by atoms with Gasteiger partial charge >= 0.3 is 6.09 Å². The molecule has 126 valence electrons. The highest BCUT2D eigenvalue weighted by Gasteiger charge is 2.37. The zero-order valence-corrected chi connectivity index (χ0v) is 14.9. The quantitative estimate of drug-likeness (QED) is 0.837. The molecular formula is C16H20BrFN2O3. The number of anilines is 1. The fourth-order valence-corrected chi connectivity index (χ4v) is 2.84. The van der Waals surface area contributed by atoms with Crippen molar-refractivity contribution in [3.63, 3.8) is 0 Å². The van der Waals surface area contributed by atoms with Crippen LogP contribution in [0.5, 0.6) is 0 Å². The number of likely N-dealkylation sites (tertiary alicyclic amines) is 1. The lowest BCUT2D eigenvalue weighted by molar-refractivity contribution is -0.120. The molecular weight excluding hydrogens is 367 g/mol. The van der Waals surface area contributed by atoms with Gasteiger partial charge in [0.25, 0.3) is 0 Å². The highest BCUT2D eigenvalue weighted by molar-refractivity contribution is 9.10. The van der Waals surface area contributed by atoms with Gasteiger partial charge in [-0.3, -0.25) is 9.69 Å². The molecule has 1 aromatic rings. The third-order valence-corrected chi connectivity index (χ3v) is 4.06. The molecule has 5 nitrogen and oxygen atoms in total. The molecule has 1 saturated heterocycles. The van der Waals surface area contributed by atoms with Crippen LogP contribution in [0.3, 0.4) is 0 Å². The van der Waals surface area contributed by atoms with Crippen molar-refractivity contribution in [2.75, 3.05) is 11.9 Å². The number of carbonyl (C=O) groups is 2. The number of benzene rings is 1. The Morgan fingerprint density at radius 1 is 1.39 bits per heavy atom. The maximum Gasteiger partial charge on any atom is 0.410 e. The first kappa shape index (κ1) is 17.7. The SMILES string of the molecule is CC(C)(C)OC(=O)N1CCC[C@@H]1C(=O)Nc1c(F)cccc1Br. The van der Waals surface area contributed by atoms with Crippen LogP contribution < -0.4 is 5.32 Å². The molecule has 0 radical (unpaired) electrons. The van der Waals surface area contributed by atoms with E-state index in [9.17, 15) is 14.0 Å². The molecule has 7 heteroatoms. The molecule has 1 aromatic carbocycles. The van der Waals surface area contributed by atoms with Crippen LogP contribution in [0.15, 0.2) is 22.7 Å². The lowest BCUT2D eigenvalue weighted by Crippen LogP contribution is -2.45. The van der Waals surface area contributed by atoms with Gasteiger partial charge in [0.15, 0.2) is 0 Å². The minimum atomic E-state index is -0.656. The van der Waals surface area contributed by atoms with Gasteiger partial charge in [-0.05, 0) is 61.7 Å². The molecule has 0 bridgehead atoms. The Morgan fingerprint density at radius 2 is 2.09 bits per heavy atom. The topological polar surface area (TPSA) is 58.6 Å². The Hall–Kier alpha value is -1.63. The first-order chi connectivity index (χ1) is 10.7. The summed E-state index contributed by atoms with van der Waals surface area (Å²) < 4.78 is 19.6. The maximum absolute atomic E-state index is 13.8. The van der Waals surface area contributed by atoms with E-state index in [4.69, 9.17) is 4.74 Å². The molecule has 23 heavy (non-hydrogen) atoms. The summed E-state index contributed by atoms with van der Waals surface area (Å²) in [7, 11) is 0. The smallest absolute Gasteiger partial charge is 0.410 e. The summed E-state index contributed by atoms with van der Waals surface area (Å²) in [5, 5.41) is 2.56. The van der Waals surface area contributed by atoms with Crippen LogP contribution in [0.25, 0.3) is 0 Å². The van der Waals surface area contributed by atoms with Crippen molar-refractivity contribution in [3.05, 3.63) is 28.5 Å². The Morgan fingerprint density at radius 3 is 2.70 bits per heavy atom. The maximum atomic E-state index is 13.8. The first-order valence-corrected chi connectivity index (χ1v) is 8.23. The largest absolute Gasteiger partial charge is 0.444 e. The van der Waals surface area contributed by atoms with Crippen molar-refractivity contribution in [1.82, 2.24) is 4.90 Å². The van der Waals surface area contributed by atoms with Gasteiger partial charge in [0, 0.05) is 11.0 Å². The summed E-state index contributed by atoms with van der Waals surface area (Å²) in [6, 6.07) is 3.79. The van der Waals surface area contributed by atoms with Crippen LogP contribution in [-0.4, -0.2) is 35.1 Å². The lowest BCUT2D eigenvalue weighted by atomic mass is 10.2. The molecule has 0 unspecified atom stereocenters. The van der Waals surface area contributed by atoms with Crippen LogP contribution in [0.2, 0.25) is 0 Å². The lowest BCUT2D eigenvalue weighted by Gasteiger charge is -2.28. The van der Waals surface area contributed by atoms with E-state index < -0.39 is 29.5 Å². The highest BCUT2D eigenvalue weighted by atomic mass is 79.9. The van der Waals surface area contributed by atoms with Crippen LogP contribution in [0, 0.1) is 5.82 Å². The first-order valence-electron chi connectivity index (χ1n) is 7.43. The van der Waals surface area contributed by atoms with Crippen molar-refractivity contribution in [1.29, 1.82) is 0 Å². The van der Waals surface area contributed by atoms with E-state index in [1.807, 2.05) is 0 Å². The van der Waals surface area contributed by atoms with Gasteiger partial charge in [-0.2, -0.15) is 0 Å². The molecule has 0 aliphatic carbocycles. The van der Waals surface area contributed by atoms with E-state index in [2.05, 4.69) is 21.2 Å². The number of halogens is 2. The molecule has 0 saturated carbocycles. The van der Waals surface area contributed by atoms with Crippen molar-refractivity contribution < 1.29 is 18.7 Å². The summed E-state index contributed by atoms with van der Waals surface area (Å²) in [4.78, 5) is 26.1. The number of hydrogen-bond donors (Lipinski definition) is 1. The summed E-state index contributed by atoms with van der Waals surface area (Å²) >= 11 is 3.21. The third kappa shape index (κ3) is 4.43. The van der Waals surface area contributed by atoms with Gasteiger partial charge < -0.3 is 10.1 Å². The number of hydrogen-bond acceptors (Lipinski definition) is 3. The Labute approximate surface area is 143 Å². The molecule has 0 spiro atoms. The Bertz CT molecular complexity index is 596. The molecule has 1 atom stereocenters. The normalized spacial score (nSPS) is 18.0. The second kappa shape index (κ2) is 6.86. The van der Waals surface area contributed by atoms with E-state index in [-0.39, 0.29) is 5.69 Å². The number of para-hydroxylation sites is 1. The second-order valence-corrected chi connectivity index (χ2v) is 7.27. The standard InChI is InChI=1S/C16H20BrFN2O3/c1-16(2,3)23-15(22)20-9-5-8-12(20)14(21)19-13-10(17)6-4-7-11(13)18/h4,6-7,12H,5,8-9H2,1-3H3,(H,19,21)/t12-/m1/s1. The molecule has 2 rings (SSSR count). The molecule has 1 fully saturated rings. The fraction of sp³-hybridized carbons (Fsp3) is 0.500. The van der Waals surface area contributed by atoms with E-state index in [0.717, 1.165) is 0 Å². The van der Waals surface area contributed by atoms with Crippen molar-refractivity contribution in [2.45, 2.75) is 45.3 Å². The van der Waals surface area contributed by atoms with E-state index >= 15 is 0 Å². The summed E-state index contributed by atoms with van der Waals surface area (Å²) in [5.41, 5.74) is -0.552. The fourth-order valence-electron chi connectivity index (χ4n) is 2.40. The number of amides is 2. The average molecular weight is 387 g/mol. The number of nitrogens with one attached hydrogen (secondary N) is 1. The van der Waals surface area contributed by atoms with Gasteiger partial charge in [0.2, 0.25) is 5.91 Å². The van der Waals surface area contributed by atoms with Crippen LogP contribution in [0.1, 0.15) is 33.6 Å². The van der Waals surface area contributed by atoms with Crippen molar-refractivity contribution >= 4 is 33.6 Å². The number of nitrogens with zero attached hydrogens (tertiary/aromatic N) is 1.